The van der Waals surface area contributed by atoms with Crippen LogP contribution >= 0.6 is 0 Å². The summed E-state index contributed by atoms with van der Waals surface area (Å²) in [6.45, 7) is 1.71. The van der Waals surface area contributed by atoms with Crippen molar-refractivity contribution in [3.8, 4) is 0 Å². The van der Waals surface area contributed by atoms with Crippen molar-refractivity contribution in [2.45, 2.75) is 18.9 Å². The second-order valence-corrected chi connectivity index (χ2v) is 4.73. The molecule has 102 valence electrons. The van der Waals surface area contributed by atoms with Crippen molar-refractivity contribution in [2.24, 2.45) is 0 Å². The molecule has 2 rings (SSSR count). The molecule has 1 heterocycles. The van der Waals surface area contributed by atoms with Crippen LogP contribution in [-0.4, -0.2) is 46.5 Å². The largest absolute Gasteiger partial charge is 0.393 e. The molecule has 0 saturated carbocycles. The average molecular weight is 264 g/mol. The zero-order valence-corrected chi connectivity index (χ0v) is 10.5. The number of piperidine rings is 1. The lowest BCUT2D eigenvalue weighted by Gasteiger charge is -2.28. The van der Waals surface area contributed by atoms with Gasteiger partial charge in [0.2, 0.25) is 0 Å². The van der Waals surface area contributed by atoms with Gasteiger partial charge in [-0.15, -0.1) is 0 Å². The van der Waals surface area contributed by atoms with Crippen molar-refractivity contribution in [3.05, 3.63) is 39.9 Å². The molecule has 0 aromatic heterocycles. The monoisotopic (exact) mass is 264 g/mol. The molecule has 0 bridgehead atoms. The van der Waals surface area contributed by atoms with Crippen molar-refractivity contribution >= 4 is 11.5 Å². The Bertz CT molecular complexity index is 464. The smallest absolute Gasteiger partial charge is 0.269 e. The van der Waals surface area contributed by atoms with Crippen molar-refractivity contribution in [1.82, 2.24) is 4.90 Å². The number of ketones is 1. The van der Waals surface area contributed by atoms with E-state index < -0.39 is 4.92 Å². The Labute approximate surface area is 110 Å². The van der Waals surface area contributed by atoms with Crippen LogP contribution in [0.1, 0.15) is 23.2 Å². The van der Waals surface area contributed by atoms with Crippen LogP contribution in [0.3, 0.4) is 0 Å². The number of benzene rings is 1. The summed E-state index contributed by atoms with van der Waals surface area (Å²) in [5.74, 6) is -0.0497. The van der Waals surface area contributed by atoms with Gasteiger partial charge in [0.25, 0.3) is 5.69 Å². The number of aliphatic hydroxyl groups is 1. The lowest BCUT2D eigenvalue weighted by molar-refractivity contribution is -0.384. The summed E-state index contributed by atoms with van der Waals surface area (Å²) in [5, 5.41) is 19.9. The van der Waals surface area contributed by atoms with Crippen LogP contribution in [0.4, 0.5) is 5.69 Å². The Kier molecular flexibility index (Phi) is 4.24. The van der Waals surface area contributed by atoms with Crippen LogP contribution in [-0.2, 0) is 0 Å². The van der Waals surface area contributed by atoms with Crippen LogP contribution in [0, 0.1) is 10.1 Å². The maximum absolute atomic E-state index is 12.0. The minimum atomic E-state index is -0.486. The van der Waals surface area contributed by atoms with E-state index in [2.05, 4.69) is 0 Å². The highest BCUT2D eigenvalue weighted by Crippen LogP contribution is 2.14. The summed E-state index contributed by atoms with van der Waals surface area (Å²) in [5.41, 5.74) is 0.467. The molecule has 1 saturated heterocycles. The first-order valence-corrected chi connectivity index (χ1v) is 6.24. The van der Waals surface area contributed by atoms with Gasteiger partial charge >= 0.3 is 0 Å². The highest BCUT2D eigenvalue weighted by molar-refractivity contribution is 5.97. The Morgan fingerprint density at radius 1 is 1.32 bits per heavy atom. The number of likely N-dealkylation sites (tertiary alicyclic amines) is 1. The van der Waals surface area contributed by atoms with Crippen LogP contribution in [0.5, 0.6) is 0 Å². The predicted octanol–water partition coefficient (Wildman–Crippen LogP) is 1.23. The third kappa shape index (κ3) is 3.59. The first kappa shape index (κ1) is 13.6. The van der Waals surface area contributed by atoms with Gasteiger partial charge in [-0.25, -0.2) is 0 Å². The summed E-state index contributed by atoms with van der Waals surface area (Å²) < 4.78 is 0. The fraction of sp³-hybridized carbons (Fsp3) is 0.462. The number of nitro groups is 1. The molecule has 0 amide bonds. The molecule has 6 nitrogen and oxygen atoms in total. The molecular formula is C13H16N2O4. The number of aliphatic hydroxyl groups excluding tert-OH is 1. The van der Waals surface area contributed by atoms with E-state index in [1.807, 2.05) is 4.90 Å². The zero-order chi connectivity index (χ0) is 13.8. The van der Waals surface area contributed by atoms with Crippen LogP contribution in [0.15, 0.2) is 24.3 Å². The zero-order valence-electron chi connectivity index (χ0n) is 10.5. The van der Waals surface area contributed by atoms with Gasteiger partial charge in [-0.3, -0.25) is 19.8 Å². The Balaban J connectivity index is 1.94. The molecule has 0 atom stereocenters. The van der Waals surface area contributed by atoms with Crippen molar-refractivity contribution in [3.63, 3.8) is 0 Å². The van der Waals surface area contributed by atoms with Crippen molar-refractivity contribution in [1.29, 1.82) is 0 Å². The molecule has 0 radical (unpaired) electrons. The first-order chi connectivity index (χ1) is 9.06. The second kappa shape index (κ2) is 5.90. The minimum absolute atomic E-state index is 0.0161. The van der Waals surface area contributed by atoms with Gasteiger partial charge in [-0.05, 0) is 25.0 Å². The van der Waals surface area contributed by atoms with Crippen molar-refractivity contribution in [2.75, 3.05) is 19.6 Å². The van der Waals surface area contributed by atoms with Crippen LogP contribution < -0.4 is 0 Å². The third-order valence-corrected chi connectivity index (χ3v) is 3.32. The number of nitrogens with zero attached hydrogens (tertiary/aromatic N) is 2. The maximum Gasteiger partial charge on any atom is 0.269 e. The number of hydrogen-bond donors (Lipinski definition) is 1. The van der Waals surface area contributed by atoms with E-state index in [4.69, 9.17) is 0 Å². The average Bonchev–Trinajstić information content (AvgIpc) is 2.41. The number of nitro benzene ring substituents is 1. The van der Waals surface area contributed by atoms with E-state index in [1.165, 1.54) is 24.3 Å². The number of non-ortho nitro benzene ring substituents is 1. The fourth-order valence-electron chi connectivity index (χ4n) is 2.14. The molecule has 1 aliphatic heterocycles. The molecule has 0 unspecified atom stereocenters. The van der Waals surface area contributed by atoms with Crippen LogP contribution in [0.2, 0.25) is 0 Å². The highest BCUT2D eigenvalue weighted by atomic mass is 16.6. The molecule has 1 aromatic carbocycles. The fourth-order valence-corrected chi connectivity index (χ4v) is 2.14. The first-order valence-electron chi connectivity index (χ1n) is 6.24. The predicted molar refractivity (Wildman–Crippen MR) is 69.1 cm³/mol. The van der Waals surface area contributed by atoms with E-state index in [0.29, 0.717) is 38.0 Å². The highest BCUT2D eigenvalue weighted by Gasteiger charge is 2.19. The van der Waals surface area contributed by atoms with Gasteiger partial charge in [-0.1, -0.05) is 0 Å². The van der Waals surface area contributed by atoms with E-state index >= 15 is 0 Å². The summed E-state index contributed by atoms with van der Waals surface area (Å²) in [6.07, 6.45) is 1.12. The Morgan fingerprint density at radius 2 is 1.89 bits per heavy atom. The number of Topliss-reactive ketones (excluding diaryl/α,β-unsaturated/α-hetero) is 1. The SMILES string of the molecule is O=C(CN1CCC(O)CC1)c1ccc([N+](=O)[O-])cc1. The standard InChI is InChI=1S/C13H16N2O4/c16-12-5-7-14(8-6-12)9-13(17)10-1-3-11(4-2-10)15(18)19/h1-4,12,16H,5-9H2. The number of carbonyl (C=O) groups excluding carboxylic acids is 1. The lowest BCUT2D eigenvalue weighted by atomic mass is 10.1. The Hall–Kier alpha value is -1.79. The van der Waals surface area contributed by atoms with Gasteiger partial charge in [-0.2, -0.15) is 0 Å². The quantitative estimate of drug-likeness (QED) is 0.502. The van der Waals surface area contributed by atoms with E-state index in [0.717, 1.165) is 0 Å². The minimum Gasteiger partial charge on any atom is -0.393 e. The van der Waals surface area contributed by atoms with Gasteiger partial charge in [0.1, 0.15) is 0 Å². The molecule has 1 fully saturated rings. The molecule has 19 heavy (non-hydrogen) atoms. The summed E-state index contributed by atoms with van der Waals surface area (Å²) >= 11 is 0. The van der Waals surface area contributed by atoms with Crippen LogP contribution in [0.25, 0.3) is 0 Å². The summed E-state index contributed by atoms with van der Waals surface area (Å²) in [6, 6.07) is 5.65. The molecule has 1 aromatic rings. The number of carbonyl (C=O) groups is 1. The third-order valence-electron chi connectivity index (χ3n) is 3.32. The molecular weight excluding hydrogens is 248 g/mol. The molecule has 6 heteroatoms. The summed E-state index contributed by atoms with van der Waals surface area (Å²) in [4.78, 5) is 24.0. The van der Waals surface area contributed by atoms with Gasteiger partial charge in [0.05, 0.1) is 17.6 Å². The van der Waals surface area contributed by atoms with Gasteiger partial charge in [0.15, 0.2) is 5.78 Å². The second-order valence-electron chi connectivity index (χ2n) is 4.73. The Morgan fingerprint density at radius 3 is 2.42 bits per heavy atom. The number of rotatable bonds is 4. The molecule has 1 N–H and O–H groups in total. The van der Waals surface area contributed by atoms with E-state index in [1.54, 1.807) is 0 Å². The van der Waals surface area contributed by atoms with Crippen molar-refractivity contribution < 1.29 is 14.8 Å². The molecule has 0 spiro atoms. The lowest BCUT2D eigenvalue weighted by Crippen LogP contribution is -2.39. The van der Waals surface area contributed by atoms with E-state index in [-0.39, 0.29) is 17.6 Å². The normalized spacial score (nSPS) is 17.3. The summed E-state index contributed by atoms with van der Waals surface area (Å²) in [7, 11) is 0. The van der Waals surface area contributed by atoms with Gasteiger partial charge < -0.3 is 5.11 Å². The van der Waals surface area contributed by atoms with Gasteiger partial charge in [0, 0.05) is 30.8 Å². The molecule has 0 aliphatic carbocycles. The number of hydrogen-bond acceptors (Lipinski definition) is 5. The van der Waals surface area contributed by atoms with E-state index in [9.17, 15) is 20.0 Å². The maximum atomic E-state index is 12.0. The topological polar surface area (TPSA) is 83.7 Å². The molecule has 1 aliphatic rings.